The number of benzene rings is 3. The van der Waals surface area contributed by atoms with Gasteiger partial charge in [0.25, 0.3) is 17.5 Å². The van der Waals surface area contributed by atoms with E-state index in [0.717, 1.165) is 43.1 Å². The van der Waals surface area contributed by atoms with Crippen LogP contribution in [0.2, 0.25) is 0 Å². The minimum Gasteiger partial charge on any atom is -0.495 e. The van der Waals surface area contributed by atoms with Crippen LogP contribution in [0, 0.1) is 17.0 Å². The zero-order valence-electron chi connectivity index (χ0n) is 22.0. The summed E-state index contributed by atoms with van der Waals surface area (Å²) in [5.41, 5.74) is 3.31. The zero-order chi connectivity index (χ0) is 27.5. The van der Waals surface area contributed by atoms with E-state index in [2.05, 4.69) is 20.4 Å². The molecule has 1 heterocycles. The number of hydrogen-bond acceptors (Lipinski definition) is 7. The van der Waals surface area contributed by atoms with Crippen LogP contribution in [0.5, 0.6) is 5.75 Å². The number of nitrogens with one attached hydrogen (secondary N) is 2. The second-order valence-electron chi connectivity index (χ2n) is 9.84. The number of piperazine rings is 1. The van der Waals surface area contributed by atoms with E-state index in [4.69, 9.17) is 4.74 Å². The number of nitro benzene ring substituents is 1. The fraction of sp³-hybridized carbons (Fsp3) is 0.310. The predicted molar refractivity (Wildman–Crippen MR) is 150 cm³/mol. The zero-order valence-corrected chi connectivity index (χ0v) is 22.0. The van der Waals surface area contributed by atoms with Gasteiger partial charge in [-0.05, 0) is 56.2 Å². The molecule has 0 atom stereocenters. The molecule has 3 aromatic rings. The third-order valence-corrected chi connectivity index (χ3v) is 7.13. The van der Waals surface area contributed by atoms with Crippen molar-refractivity contribution in [2.75, 3.05) is 48.4 Å². The van der Waals surface area contributed by atoms with Crippen LogP contribution >= 0.6 is 0 Å². The maximum atomic E-state index is 13.2. The Morgan fingerprint density at radius 2 is 1.62 bits per heavy atom. The number of hydrogen-bond donors (Lipinski definition) is 2. The SMILES string of the molecule is COc1ccccc1N1CCN(c2ccc(NC(=O)c3ccc(C)c([N+](=O)[O-])c3)cc2C(=O)NC2CC2)CC1. The highest BCUT2D eigenvalue weighted by molar-refractivity contribution is 6.06. The first-order valence-electron chi connectivity index (χ1n) is 13.0. The van der Waals surface area contributed by atoms with Gasteiger partial charge >= 0.3 is 0 Å². The topological polar surface area (TPSA) is 117 Å². The molecule has 2 amide bonds. The van der Waals surface area contributed by atoms with Gasteiger partial charge in [-0.15, -0.1) is 0 Å². The van der Waals surface area contributed by atoms with Crippen LogP contribution in [0.4, 0.5) is 22.7 Å². The molecule has 1 aliphatic carbocycles. The number of anilines is 3. The highest BCUT2D eigenvalue weighted by atomic mass is 16.6. The van der Waals surface area contributed by atoms with Gasteiger partial charge in [0.2, 0.25) is 0 Å². The van der Waals surface area contributed by atoms with E-state index in [1.165, 1.54) is 6.07 Å². The Hall–Kier alpha value is -4.60. The van der Waals surface area contributed by atoms with Crippen molar-refractivity contribution in [3.05, 3.63) is 87.5 Å². The molecule has 2 N–H and O–H groups in total. The van der Waals surface area contributed by atoms with Gasteiger partial charge in [-0.2, -0.15) is 0 Å². The minimum atomic E-state index is -0.505. The van der Waals surface area contributed by atoms with E-state index in [-0.39, 0.29) is 23.2 Å². The van der Waals surface area contributed by atoms with E-state index < -0.39 is 10.8 Å². The molecule has 1 saturated carbocycles. The lowest BCUT2D eigenvalue weighted by atomic mass is 10.1. The summed E-state index contributed by atoms with van der Waals surface area (Å²) in [4.78, 5) is 41.4. The highest BCUT2D eigenvalue weighted by Gasteiger charge is 2.28. The summed E-state index contributed by atoms with van der Waals surface area (Å²) in [6, 6.07) is 17.8. The number of methoxy groups -OCH3 is 1. The standard InChI is InChI=1S/C29H31N5O5/c1-19-7-8-20(17-26(19)34(37)38)28(35)31-22-11-12-24(23(18-22)29(36)30-21-9-10-21)32-13-15-33(16-14-32)25-5-3-4-6-27(25)39-2/h3-8,11-12,17-18,21H,9-10,13-16H2,1-2H3,(H,30,36)(H,31,35). The smallest absolute Gasteiger partial charge is 0.273 e. The first-order valence-corrected chi connectivity index (χ1v) is 13.0. The number of carbonyl (C=O) groups excluding carboxylic acids is 2. The van der Waals surface area contributed by atoms with E-state index >= 15 is 0 Å². The van der Waals surface area contributed by atoms with E-state index in [9.17, 15) is 19.7 Å². The quantitative estimate of drug-likeness (QED) is 0.328. The fourth-order valence-corrected chi connectivity index (χ4v) is 4.79. The number of carbonyl (C=O) groups is 2. The molecule has 2 aliphatic rings. The highest BCUT2D eigenvalue weighted by Crippen LogP contribution is 2.32. The average molecular weight is 530 g/mol. The van der Waals surface area contributed by atoms with Crippen molar-refractivity contribution in [1.29, 1.82) is 0 Å². The lowest BCUT2D eigenvalue weighted by Crippen LogP contribution is -2.47. The van der Waals surface area contributed by atoms with E-state index in [0.29, 0.717) is 29.9 Å². The van der Waals surface area contributed by atoms with Crippen LogP contribution < -0.4 is 25.2 Å². The molecule has 2 fully saturated rings. The van der Waals surface area contributed by atoms with Gasteiger partial charge in [0, 0.05) is 60.8 Å². The summed E-state index contributed by atoms with van der Waals surface area (Å²) in [5, 5.41) is 17.2. The molecule has 3 aromatic carbocycles. The van der Waals surface area contributed by atoms with Gasteiger partial charge in [-0.25, -0.2) is 0 Å². The molecule has 10 heteroatoms. The van der Waals surface area contributed by atoms with Gasteiger partial charge in [0.1, 0.15) is 5.75 Å². The Labute approximate surface area is 226 Å². The molecule has 10 nitrogen and oxygen atoms in total. The Bertz CT molecular complexity index is 1410. The molecule has 0 unspecified atom stereocenters. The Balaban J connectivity index is 1.36. The molecule has 202 valence electrons. The third-order valence-electron chi connectivity index (χ3n) is 7.13. The number of rotatable bonds is 8. The van der Waals surface area contributed by atoms with Crippen molar-refractivity contribution in [2.45, 2.75) is 25.8 Å². The largest absolute Gasteiger partial charge is 0.495 e. The van der Waals surface area contributed by atoms with Crippen molar-refractivity contribution in [3.63, 3.8) is 0 Å². The predicted octanol–water partition coefficient (Wildman–Crippen LogP) is 4.38. The normalized spacial score (nSPS) is 15.0. The Kier molecular flexibility index (Phi) is 7.36. The van der Waals surface area contributed by atoms with Crippen LogP contribution in [-0.2, 0) is 0 Å². The number of nitro groups is 1. The third kappa shape index (κ3) is 5.79. The molecular weight excluding hydrogens is 498 g/mol. The van der Waals surface area contributed by atoms with E-state index in [1.807, 2.05) is 30.3 Å². The van der Waals surface area contributed by atoms with E-state index in [1.54, 1.807) is 38.3 Å². The molecule has 5 rings (SSSR count). The second-order valence-corrected chi connectivity index (χ2v) is 9.84. The van der Waals surface area contributed by atoms with Gasteiger partial charge < -0.3 is 25.2 Å². The summed E-state index contributed by atoms with van der Waals surface area (Å²) in [7, 11) is 1.67. The first-order chi connectivity index (χ1) is 18.8. The summed E-state index contributed by atoms with van der Waals surface area (Å²) in [6.07, 6.45) is 1.92. The fourth-order valence-electron chi connectivity index (χ4n) is 4.79. The Morgan fingerprint density at radius 1 is 0.923 bits per heavy atom. The molecule has 0 radical (unpaired) electrons. The maximum Gasteiger partial charge on any atom is 0.273 e. The molecule has 39 heavy (non-hydrogen) atoms. The number of para-hydroxylation sites is 2. The molecule has 1 aliphatic heterocycles. The van der Waals surface area contributed by atoms with Gasteiger partial charge in [-0.3, -0.25) is 19.7 Å². The molecule has 0 bridgehead atoms. The lowest BCUT2D eigenvalue weighted by Gasteiger charge is -2.38. The monoisotopic (exact) mass is 529 g/mol. The van der Waals surface area contributed by atoms with Crippen molar-refractivity contribution in [1.82, 2.24) is 5.32 Å². The van der Waals surface area contributed by atoms with Crippen LogP contribution in [-0.4, -0.2) is 56.1 Å². The summed E-state index contributed by atoms with van der Waals surface area (Å²) >= 11 is 0. The minimum absolute atomic E-state index is 0.116. The number of nitrogens with zero attached hydrogens (tertiary/aromatic N) is 3. The summed E-state index contributed by atoms with van der Waals surface area (Å²) in [6.45, 7) is 4.56. The van der Waals surface area contributed by atoms with Gasteiger partial charge in [0.05, 0.1) is 23.3 Å². The Morgan fingerprint density at radius 3 is 2.28 bits per heavy atom. The summed E-state index contributed by atoms with van der Waals surface area (Å²) in [5.74, 6) is 0.168. The van der Waals surface area contributed by atoms with Crippen LogP contribution in [0.1, 0.15) is 39.1 Å². The van der Waals surface area contributed by atoms with Crippen LogP contribution in [0.25, 0.3) is 0 Å². The number of aryl methyl sites for hydroxylation is 1. The second kappa shape index (κ2) is 11.0. The number of amides is 2. The lowest BCUT2D eigenvalue weighted by molar-refractivity contribution is -0.385. The van der Waals surface area contributed by atoms with Crippen molar-refractivity contribution in [2.24, 2.45) is 0 Å². The van der Waals surface area contributed by atoms with Crippen LogP contribution in [0.3, 0.4) is 0 Å². The molecular formula is C29H31N5O5. The first kappa shape index (κ1) is 26.0. The summed E-state index contributed by atoms with van der Waals surface area (Å²) < 4.78 is 5.53. The maximum absolute atomic E-state index is 13.2. The van der Waals surface area contributed by atoms with Crippen molar-refractivity contribution < 1.29 is 19.2 Å². The number of ether oxygens (including phenoxy) is 1. The van der Waals surface area contributed by atoms with Crippen molar-refractivity contribution >= 4 is 34.6 Å². The van der Waals surface area contributed by atoms with Crippen molar-refractivity contribution in [3.8, 4) is 5.75 Å². The molecule has 0 aromatic heterocycles. The average Bonchev–Trinajstić information content (AvgIpc) is 3.77. The van der Waals surface area contributed by atoms with Gasteiger partial charge in [0.15, 0.2) is 0 Å². The van der Waals surface area contributed by atoms with Gasteiger partial charge in [-0.1, -0.05) is 18.2 Å². The molecule has 0 spiro atoms. The molecule has 1 saturated heterocycles. The van der Waals surface area contributed by atoms with Crippen LogP contribution in [0.15, 0.2) is 60.7 Å².